The Morgan fingerprint density at radius 2 is 0.617 bits per heavy atom. The van der Waals surface area contributed by atoms with E-state index >= 15 is 0 Å². The third kappa shape index (κ3) is 51.0. The molecule has 9 nitrogen and oxygen atoms in total. The number of hydrogen-bond donors (Lipinski definition) is 6. The zero-order valence-corrected chi connectivity index (χ0v) is 54.3. The first-order valence-corrected chi connectivity index (χ1v) is 36.7. The van der Waals surface area contributed by atoms with Crippen molar-refractivity contribution in [3.05, 3.63) is 0 Å². The molecule has 6 N–H and O–H groups in total. The van der Waals surface area contributed by atoms with Crippen LogP contribution in [0.1, 0.15) is 399 Å². The molecule has 0 aromatic heterocycles. The second-order valence-corrected chi connectivity index (χ2v) is 26.1. The van der Waals surface area contributed by atoms with Gasteiger partial charge in [-0.2, -0.15) is 0 Å². The number of hydrogen-bond acceptors (Lipinski definition) is 8. The first-order chi connectivity index (χ1) is 39.8. The van der Waals surface area contributed by atoms with Crippen LogP contribution in [0.3, 0.4) is 0 Å². The lowest BCUT2D eigenvalue weighted by molar-refractivity contribution is -0.302. The van der Waals surface area contributed by atoms with Crippen molar-refractivity contribution in [2.45, 2.75) is 442 Å². The fourth-order valence-electron chi connectivity index (χ4n) is 12.5. The minimum absolute atomic E-state index is 0.130. The third-order valence-electron chi connectivity index (χ3n) is 18.2. The van der Waals surface area contributed by atoms with Gasteiger partial charge in [-0.15, -0.1) is 0 Å². The third-order valence-corrected chi connectivity index (χ3v) is 18.2. The van der Waals surface area contributed by atoms with Gasteiger partial charge < -0.3 is 40.3 Å². The Balaban J connectivity index is 2.07. The van der Waals surface area contributed by atoms with Crippen molar-refractivity contribution in [2.24, 2.45) is 0 Å². The lowest BCUT2D eigenvalue weighted by atomic mass is 9.99. The minimum Gasteiger partial charge on any atom is -0.394 e. The van der Waals surface area contributed by atoms with Gasteiger partial charge >= 0.3 is 0 Å². The maximum absolute atomic E-state index is 13.2. The van der Waals surface area contributed by atoms with E-state index in [2.05, 4.69) is 19.2 Å². The van der Waals surface area contributed by atoms with Crippen LogP contribution in [-0.4, -0.2) is 87.5 Å². The van der Waals surface area contributed by atoms with Gasteiger partial charge in [0.2, 0.25) is 5.91 Å². The maximum atomic E-state index is 13.2. The summed E-state index contributed by atoms with van der Waals surface area (Å²) >= 11 is 0. The molecular weight excluding hydrogens is 1010 g/mol. The number of ether oxygens (including phenoxy) is 2. The summed E-state index contributed by atoms with van der Waals surface area (Å²) in [4.78, 5) is 13.2. The summed E-state index contributed by atoms with van der Waals surface area (Å²) in [6.45, 7) is 3.92. The summed E-state index contributed by atoms with van der Waals surface area (Å²) in [5.41, 5.74) is 0. The molecule has 1 aliphatic heterocycles. The predicted octanol–water partition coefficient (Wildman–Crippen LogP) is 20.1. The summed E-state index contributed by atoms with van der Waals surface area (Å²) in [6, 6.07) is -0.715. The number of aliphatic hydroxyl groups excluding tert-OH is 5. The van der Waals surface area contributed by atoms with Crippen LogP contribution >= 0.6 is 0 Å². The monoisotopic (exact) mass is 1150 g/mol. The maximum Gasteiger partial charge on any atom is 0.220 e. The van der Waals surface area contributed by atoms with Crippen molar-refractivity contribution < 1.29 is 39.8 Å². The molecule has 0 aromatic carbocycles. The van der Waals surface area contributed by atoms with Crippen LogP contribution in [0.2, 0.25) is 0 Å². The topological polar surface area (TPSA) is 149 Å². The summed E-state index contributed by atoms with van der Waals surface area (Å²) in [5.74, 6) is -0.132. The number of amides is 1. The molecule has 0 spiro atoms. The van der Waals surface area contributed by atoms with E-state index in [0.29, 0.717) is 12.8 Å². The number of unbranched alkanes of at least 4 members (excludes halogenated alkanes) is 56. The molecule has 7 unspecified atom stereocenters. The average molecular weight is 1150 g/mol. The highest BCUT2D eigenvalue weighted by molar-refractivity contribution is 5.76. The summed E-state index contributed by atoms with van der Waals surface area (Å²) < 4.78 is 11.4. The number of carbonyl (C=O) groups excluding carboxylic acids is 1. The summed E-state index contributed by atoms with van der Waals surface area (Å²) in [7, 11) is 0. The van der Waals surface area contributed by atoms with Crippen molar-refractivity contribution in [2.75, 3.05) is 13.2 Å². The molecule has 1 rings (SSSR count). The molecule has 1 amide bonds. The highest BCUT2D eigenvalue weighted by Gasteiger charge is 2.44. The van der Waals surface area contributed by atoms with Crippen molar-refractivity contribution in [3.63, 3.8) is 0 Å². The fraction of sp³-hybridized carbons (Fsp3) is 0.986. The number of aliphatic hydroxyl groups is 5. The van der Waals surface area contributed by atoms with Gasteiger partial charge in [-0.25, -0.2) is 0 Å². The summed E-state index contributed by atoms with van der Waals surface area (Å²) in [6.07, 6.45) is 71.9. The Bertz CT molecular complexity index is 1240. The van der Waals surface area contributed by atoms with E-state index in [1.807, 2.05) is 0 Å². The molecule has 1 fully saturated rings. The van der Waals surface area contributed by atoms with Gasteiger partial charge in [0.15, 0.2) is 6.29 Å². The largest absolute Gasteiger partial charge is 0.394 e. The van der Waals surface area contributed by atoms with Crippen molar-refractivity contribution in [3.8, 4) is 0 Å². The van der Waals surface area contributed by atoms with E-state index in [0.717, 1.165) is 38.5 Å². The molecule has 0 bridgehead atoms. The van der Waals surface area contributed by atoms with Gasteiger partial charge in [-0.1, -0.05) is 380 Å². The summed E-state index contributed by atoms with van der Waals surface area (Å²) in [5, 5.41) is 55.0. The van der Waals surface area contributed by atoms with Crippen LogP contribution in [0, 0.1) is 0 Å². The first-order valence-electron chi connectivity index (χ1n) is 36.7. The van der Waals surface area contributed by atoms with Gasteiger partial charge in [-0.05, 0) is 12.8 Å². The van der Waals surface area contributed by atoms with Gasteiger partial charge in [0.25, 0.3) is 0 Å². The smallest absolute Gasteiger partial charge is 0.220 e. The molecule has 1 aliphatic rings. The fourth-order valence-corrected chi connectivity index (χ4v) is 12.5. The normalized spacial score (nSPS) is 18.2. The van der Waals surface area contributed by atoms with Gasteiger partial charge in [0, 0.05) is 6.42 Å². The van der Waals surface area contributed by atoms with E-state index in [-0.39, 0.29) is 12.5 Å². The molecule has 81 heavy (non-hydrogen) atoms. The highest BCUT2D eigenvalue weighted by atomic mass is 16.7. The van der Waals surface area contributed by atoms with Crippen LogP contribution < -0.4 is 5.32 Å². The molecule has 0 aromatic rings. The zero-order valence-electron chi connectivity index (χ0n) is 54.3. The van der Waals surface area contributed by atoms with E-state index < -0.39 is 49.5 Å². The number of rotatable bonds is 66. The lowest BCUT2D eigenvalue weighted by Gasteiger charge is -2.40. The molecule has 0 aliphatic carbocycles. The van der Waals surface area contributed by atoms with Crippen LogP contribution in [0.15, 0.2) is 0 Å². The Morgan fingerprint density at radius 1 is 0.370 bits per heavy atom. The minimum atomic E-state index is -1.55. The van der Waals surface area contributed by atoms with Gasteiger partial charge in [0.05, 0.1) is 25.4 Å². The SMILES string of the molecule is CCCCCCCCCCCCCCCCCCCCCCCCCCCCCCCCCC(=O)NC(COC1OC(CO)C(O)C(O)C1O)C(O)CCCCCCCCCCCCCCCCCCCCCCCCCCCCC. The first kappa shape index (κ1) is 78.2. The van der Waals surface area contributed by atoms with Crippen LogP contribution in [0.25, 0.3) is 0 Å². The molecule has 484 valence electrons. The Kier molecular flexibility index (Phi) is 60.1. The Hall–Kier alpha value is -0.810. The number of nitrogens with one attached hydrogen (secondary N) is 1. The van der Waals surface area contributed by atoms with Crippen LogP contribution in [0.4, 0.5) is 0 Å². The second kappa shape index (κ2) is 62.2. The highest BCUT2D eigenvalue weighted by Crippen LogP contribution is 2.24. The van der Waals surface area contributed by atoms with Gasteiger partial charge in [-0.3, -0.25) is 4.79 Å². The molecule has 1 heterocycles. The van der Waals surface area contributed by atoms with E-state index in [1.165, 1.54) is 334 Å². The average Bonchev–Trinajstić information content (AvgIpc) is 3.47. The van der Waals surface area contributed by atoms with E-state index in [9.17, 15) is 30.3 Å². The molecule has 7 atom stereocenters. The van der Waals surface area contributed by atoms with Crippen molar-refractivity contribution in [1.82, 2.24) is 5.32 Å². The molecular formula is C72H143NO8. The lowest BCUT2D eigenvalue weighted by Crippen LogP contribution is -2.60. The Labute approximate surface area is 504 Å². The predicted molar refractivity (Wildman–Crippen MR) is 346 cm³/mol. The molecule has 9 heteroatoms. The van der Waals surface area contributed by atoms with Crippen molar-refractivity contribution in [1.29, 1.82) is 0 Å². The Morgan fingerprint density at radius 3 is 0.877 bits per heavy atom. The molecule has 0 saturated carbocycles. The number of carbonyl (C=O) groups is 1. The quantitative estimate of drug-likeness (QED) is 0.0330. The van der Waals surface area contributed by atoms with Crippen LogP contribution in [0.5, 0.6) is 0 Å². The van der Waals surface area contributed by atoms with E-state index in [4.69, 9.17) is 9.47 Å². The zero-order chi connectivity index (χ0) is 58.6. The van der Waals surface area contributed by atoms with Gasteiger partial charge in [0.1, 0.15) is 24.4 Å². The van der Waals surface area contributed by atoms with Crippen molar-refractivity contribution >= 4 is 5.91 Å². The van der Waals surface area contributed by atoms with Crippen LogP contribution in [-0.2, 0) is 14.3 Å². The molecule has 1 saturated heterocycles. The van der Waals surface area contributed by atoms with E-state index in [1.54, 1.807) is 0 Å². The second-order valence-electron chi connectivity index (χ2n) is 26.1. The molecule has 0 radical (unpaired) electrons. The standard InChI is InChI=1S/C72H143NO8/c1-3-5-7-9-11-13-15-17-19-21-23-25-27-29-31-32-33-34-36-38-40-42-44-46-48-50-52-54-56-58-60-62-68(76)73-65(64-80-72-71(79)70(78)69(77)67(63-74)81-72)66(75)61-59-57-55-53-51-49-47-45-43-41-39-37-35-30-28-26-24-22-20-18-16-14-12-10-8-6-4-2/h65-67,69-72,74-75,77-79H,3-64H2,1-2H3,(H,73,76).